The fourth-order valence-corrected chi connectivity index (χ4v) is 5.34. The van der Waals surface area contributed by atoms with Gasteiger partial charge in [-0.2, -0.15) is 0 Å². The van der Waals surface area contributed by atoms with E-state index in [2.05, 4.69) is 58.5 Å². The summed E-state index contributed by atoms with van der Waals surface area (Å²) < 4.78 is 3.85. The summed E-state index contributed by atoms with van der Waals surface area (Å²) in [6, 6.07) is 7.51. The van der Waals surface area contributed by atoms with E-state index in [0.29, 0.717) is 22.4 Å². The van der Waals surface area contributed by atoms with Crippen molar-refractivity contribution in [1.82, 2.24) is 40.1 Å². The molecule has 1 fully saturated rings. The van der Waals surface area contributed by atoms with Crippen LogP contribution in [0.2, 0.25) is 0 Å². The number of rotatable bonds is 3. The van der Waals surface area contributed by atoms with Crippen molar-refractivity contribution in [3.05, 3.63) is 42.0 Å². The fraction of sp³-hybridized carbons (Fsp3) is 0.458. The predicted molar refractivity (Wildman–Crippen MR) is 141 cm³/mol. The minimum Gasteiger partial charge on any atom is -0.507 e. The Hall–Kier alpha value is -2.75. The molecule has 0 unspecified atom stereocenters. The van der Waals surface area contributed by atoms with Crippen LogP contribution in [-0.4, -0.2) is 50.9 Å². The Morgan fingerprint density at radius 3 is 2.26 bits per heavy atom. The van der Waals surface area contributed by atoms with Gasteiger partial charge in [-0.15, -0.1) is 40.1 Å². The van der Waals surface area contributed by atoms with E-state index in [4.69, 9.17) is 0 Å². The molecule has 1 saturated heterocycles. The van der Waals surface area contributed by atoms with E-state index in [1.807, 2.05) is 47.5 Å². The molecule has 0 amide bonds. The van der Waals surface area contributed by atoms with Gasteiger partial charge in [0.25, 0.3) is 0 Å². The number of piperidine rings is 1. The molecule has 5 rings (SSSR count). The van der Waals surface area contributed by atoms with E-state index in [1.54, 1.807) is 6.07 Å². The number of benzene rings is 1. The molecule has 0 spiro atoms. The van der Waals surface area contributed by atoms with Crippen LogP contribution in [-0.2, 0) is 0 Å². The van der Waals surface area contributed by atoms with Crippen LogP contribution in [0.4, 0.5) is 0 Å². The molecule has 11 heteroatoms. The molecule has 2 N–H and O–H groups in total. The summed E-state index contributed by atoms with van der Waals surface area (Å²) in [5.41, 5.74) is 4.22. The summed E-state index contributed by atoms with van der Waals surface area (Å²) >= 11 is 0. The highest BCUT2D eigenvalue weighted by Crippen LogP contribution is 2.37. The third kappa shape index (κ3) is 5.12. The molecule has 1 aliphatic rings. The second-order valence-electron chi connectivity index (χ2n) is 10.4. The number of aromatic hydroxyl groups is 1. The van der Waals surface area contributed by atoms with Gasteiger partial charge in [0.2, 0.25) is 5.65 Å². The molecular weight excluding hydrogens is 487 g/mol. The van der Waals surface area contributed by atoms with Crippen molar-refractivity contribution in [1.29, 1.82) is 0 Å². The first-order chi connectivity index (χ1) is 15.5. The molecule has 0 bridgehead atoms. The van der Waals surface area contributed by atoms with Crippen LogP contribution in [0.5, 0.6) is 5.75 Å². The van der Waals surface area contributed by atoms with E-state index in [9.17, 15) is 5.11 Å². The minimum atomic E-state index is -0.0161. The molecule has 9 nitrogen and oxygen atoms in total. The number of hydrogen-bond acceptors (Lipinski definition) is 7. The summed E-state index contributed by atoms with van der Waals surface area (Å²) in [6.45, 7) is 12.7. The van der Waals surface area contributed by atoms with Gasteiger partial charge in [-0.05, 0) is 72.6 Å². The highest BCUT2D eigenvalue weighted by atomic mass is 35.5. The second-order valence-corrected chi connectivity index (χ2v) is 10.4. The number of aromatic nitrogens is 7. The first-order valence-electron chi connectivity index (χ1n) is 11.3. The van der Waals surface area contributed by atoms with Crippen molar-refractivity contribution in [3.63, 3.8) is 0 Å². The average molecular weight is 519 g/mol. The topological polar surface area (TPSA) is 107 Å². The number of nitrogens with one attached hydrogen (secondary N) is 1. The maximum absolute atomic E-state index is 10.8. The van der Waals surface area contributed by atoms with E-state index in [0.717, 1.165) is 30.0 Å². The quantitative estimate of drug-likeness (QED) is 0.403. The first-order valence-corrected chi connectivity index (χ1v) is 11.3. The van der Waals surface area contributed by atoms with E-state index in [1.165, 1.54) is 0 Å². The number of fused-ring (bicyclic) bond motifs is 1. The Bertz CT molecular complexity index is 1350. The third-order valence-corrected chi connectivity index (χ3v) is 6.27. The zero-order valence-electron chi connectivity index (χ0n) is 20.8. The lowest BCUT2D eigenvalue weighted by atomic mass is 9.80. The lowest BCUT2D eigenvalue weighted by molar-refractivity contribution is 0.127. The van der Waals surface area contributed by atoms with Gasteiger partial charge in [-0.1, -0.05) is 5.21 Å². The van der Waals surface area contributed by atoms with Crippen molar-refractivity contribution >= 4 is 36.0 Å². The van der Waals surface area contributed by atoms with Crippen LogP contribution in [0.25, 0.3) is 28.1 Å². The molecule has 0 aliphatic carbocycles. The van der Waals surface area contributed by atoms with E-state index in [-0.39, 0.29) is 47.7 Å². The SMILES string of the molecule is Cc1cn(-c2ccc(-c3cc4nnn(C5CC(C)(C)NC(C)(C)C5)c4nn3)c(O)c2)c(C)n1.Cl.Cl. The molecule has 1 aromatic carbocycles. The zero-order chi connectivity index (χ0) is 23.5. The number of imidazole rings is 1. The molecule has 188 valence electrons. The Kier molecular flexibility index (Phi) is 7.19. The van der Waals surface area contributed by atoms with Crippen LogP contribution in [0.15, 0.2) is 30.5 Å². The predicted octanol–water partition coefficient (Wildman–Crippen LogP) is 4.72. The minimum absolute atomic E-state index is 0. The lowest BCUT2D eigenvalue weighted by Crippen LogP contribution is -2.58. The van der Waals surface area contributed by atoms with E-state index >= 15 is 0 Å². The summed E-state index contributed by atoms with van der Waals surface area (Å²) in [5, 5.41) is 32.2. The van der Waals surface area contributed by atoms with Crippen LogP contribution >= 0.6 is 24.8 Å². The van der Waals surface area contributed by atoms with Gasteiger partial charge in [0.1, 0.15) is 17.1 Å². The lowest BCUT2D eigenvalue weighted by Gasteiger charge is -2.46. The van der Waals surface area contributed by atoms with Gasteiger partial charge in [0.05, 0.1) is 23.1 Å². The summed E-state index contributed by atoms with van der Waals surface area (Å²) in [4.78, 5) is 4.43. The largest absolute Gasteiger partial charge is 0.507 e. The molecule has 0 saturated carbocycles. The third-order valence-electron chi connectivity index (χ3n) is 6.27. The van der Waals surface area contributed by atoms with Crippen molar-refractivity contribution in [2.45, 2.75) is 71.5 Å². The zero-order valence-corrected chi connectivity index (χ0v) is 22.4. The number of phenolic OH excluding ortho intramolecular Hbond substituents is 1. The van der Waals surface area contributed by atoms with Gasteiger partial charge in [-0.3, -0.25) is 0 Å². The highest BCUT2D eigenvalue weighted by molar-refractivity contribution is 5.85. The Morgan fingerprint density at radius 2 is 1.66 bits per heavy atom. The van der Waals surface area contributed by atoms with E-state index < -0.39 is 0 Å². The molecule has 1 aliphatic heterocycles. The van der Waals surface area contributed by atoms with Gasteiger partial charge in [0, 0.05) is 28.9 Å². The van der Waals surface area contributed by atoms with Gasteiger partial charge in [-0.25, -0.2) is 9.67 Å². The maximum atomic E-state index is 10.8. The first kappa shape index (κ1) is 26.8. The number of aryl methyl sites for hydroxylation is 2. The highest BCUT2D eigenvalue weighted by Gasteiger charge is 2.39. The number of nitrogens with zero attached hydrogens (tertiary/aromatic N) is 7. The van der Waals surface area contributed by atoms with Crippen molar-refractivity contribution < 1.29 is 5.11 Å². The van der Waals surface area contributed by atoms with Gasteiger partial charge < -0.3 is 15.0 Å². The number of hydrogen-bond donors (Lipinski definition) is 2. The molecule has 4 aromatic rings. The average Bonchev–Trinajstić information content (AvgIpc) is 3.27. The van der Waals surface area contributed by atoms with Crippen molar-refractivity contribution in [2.75, 3.05) is 0 Å². The summed E-state index contributed by atoms with van der Waals surface area (Å²) in [5.74, 6) is 0.989. The van der Waals surface area contributed by atoms with Crippen molar-refractivity contribution in [3.8, 4) is 22.7 Å². The maximum Gasteiger partial charge on any atom is 0.201 e. The summed E-state index contributed by atoms with van der Waals surface area (Å²) in [6.07, 6.45) is 3.79. The molecule has 0 radical (unpaired) electrons. The molecular formula is C24H32Cl2N8O. The Labute approximate surface area is 217 Å². The molecule has 35 heavy (non-hydrogen) atoms. The van der Waals surface area contributed by atoms with Crippen molar-refractivity contribution in [2.24, 2.45) is 0 Å². The monoisotopic (exact) mass is 518 g/mol. The second kappa shape index (κ2) is 9.37. The fourth-order valence-electron chi connectivity index (χ4n) is 5.34. The molecule has 4 heterocycles. The Balaban J connectivity index is 0.00000171. The van der Waals surface area contributed by atoms with Crippen LogP contribution in [0, 0.1) is 13.8 Å². The normalized spacial score (nSPS) is 17.1. The molecule has 3 aromatic heterocycles. The van der Waals surface area contributed by atoms with Crippen LogP contribution in [0.1, 0.15) is 58.1 Å². The molecule has 0 atom stereocenters. The summed E-state index contributed by atoms with van der Waals surface area (Å²) in [7, 11) is 0. The number of halogens is 2. The Morgan fingerprint density at radius 1 is 0.971 bits per heavy atom. The number of phenols is 1. The smallest absolute Gasteiger partial charge is 0.201 e. The van der Waals surface area contributed by atoms with Crippen LogP contribution < -0.4 is 5.32 Å². The van der Waals surface area contributed by atoms with Gasteiger partial charge >= 0.3 is 0 Å². The van der Waals surface area contributed by atoms with Crippen LogP contribution in [0.3, 0.4) is 0 Å². The van der Waals surface area contributed by atoms with Gasteiger partial charge in [0.15, 0.2) is 0 Å². The standard InChI is InChI=1S/C24H30N8O.2ClH/c1-14-13-31(15(2)25-14)16-7-8-18(21(33)9-16)19-10-20-22(28-26-19)32(30-27-20)17-11-23(3,4)29-24(5,6)12-17;;/h7-10,13,17,29,33H,11-12H2,1-6H3;2*1H.